The number of fused-ring (bicyclic) bond motifs is 2. The van der Waals surface area contributed by atoms with Gasteiger partial charge in [-0.15, -0.1) is 0 Å². The molecule has 8 nitrogen and oxygen atoms in total. The van der Waals surface area contributed by atoms with Gasteiger partial charge in [0.2, 0.25) is 0 Å². The highest BCUT2D eigenvalue weighted by molar-refractivity contribution is 5.97. The molecule has 2 fully saturated rings. The van der Waals surface area contributed by atoms with Crippen molar-refractivity contribution in [3.8, 4) is 12.1 Å². The van der Waals surface area contributed by atoms with Gasteiger partial charge in [0, 0.05) is 54.9 Å². The largest absolute Gasteiger partial charge is 0.462 e. The van der Waals surface area contributed by atoms with E-state index in [2.05, 4.69) is 28.2 Å². The lowest BCUT2D eigenvalue weighted by molar-refractivity contribution is -0.136. The molecule has 3 aliphatic heterocycles. The number of anilines is 2. The van der Waals surface area contributed by atoms with E-state index in [1.807, 2.05) is 11.0 Å². The number of aromatic nitrogens is 2. The molecule has 2 atom stereocenters. The van der Waals surface area contributed by atoms with Gasteiger partial charge in [-0.1, -0.05) is 24.3 Å². The molecule has 2 saturated heterocycles. The van der Waals surface area contributed by atoms with Crippen molar-refractivity contribution in [3.63, 3.8) is 0 Å². The van der Waals surface area contributed by atoms with Crippen LogP contribution >= 0.6 is 0 Å². The second-order valence-corrected chi connectivity index (χ2v) is 11.5. The second kappa shape index (κ2) is 11.9. The minimum atomic E-state index is -4.47. The van der Waals surface area contributed by atoms with E-state index in [1.54, 1.807) is 18.2 Å². The van der Waals surface area contributed by atoms with Crippen LogP contribution in [-0.4, -0.2) is 73.3 Å². The third kappa shape index (κ3) is 5.83. The fraction of sp³-hybridized carbons (Fsp3) is 0.516. The number of benzene rings is 2. The Morgan fingerprint density at radius 3 is 2.67 bits per heavy atom. The van der Waals surface area contributed by atoms with Crippen molar-refractivity contribution in [1.29, 1.82) is 5.26 Å². The van der Waals surface area contributed by atoms with E-state index in [-0.39, 0.29) is 11.4 Å². The maximum Gasteiger partial charge on any atom is 0.417 e. The van der Waals surface area contributed by atoms with Crippen LogP contribution in [0.2, 0.25) is 0 Å². The summed E-state index contributed by atoms with van der Waals surface area (Å²) in [6.07, 6.45) is -0.436. The van der Waals surface area contributed by atoms with Gasteiger partial charge in [-0.25, -0.2) is 0 Å². The van der Waals surface area contributed by atoms with Crippen molar-refractivity contribution in [2.45, 2.75) is 56.9 Å². The number of nitrogens with zero attached hydrogens (tertiary/aromatic N) is 6. The molecule has 1 aromatic heterocycles. The van der Waals surface area contributed by atoms with E-state index >= 15 is 0 Å². The molecule has 42 heavy (non-hydrogen) atoms. The van der Waals surface area contributed by atoms with Crippen LogP contribution in [0.5, 0.6) is 6.01 Å². The number of nitrogens with one attached hydrogen (secondary N) is 1. The quantitative estimate of drug-likeness (QED) is 0.448. The van der Waals surface area contributed by atoms with Crippen LogP contribution in [-0.2, 0) is 19.1 Å². The molecular formula is C31H36F3N7O. The lowest BCUT2D eigenvalue weighted by Crippen LogP contribution is -2.51. The van der Waals surface area contributed by atoms with E-state index in [1.165, 1.54) is 6.07 Å². The first-order valence-electron chi connectivity index (χ1n) is 14.7. The minimum absolute atomic E-state index is 0.0321. The summed E-state index contributed by atoms with van der Waals surface area (Å²) in [5, 5.41) is 13.5. The van der Waals surface area contributed by atoms with Crippen molar-refractivity contribution in [3.05, 3.63) is 53.2 Å². The van der Waals surface area contributed by atoms with E-state index in [9.17, 15) is 18.4 Å². The summed E-state index contributed by atoms with van der Waals surface area (Å²) in [7, 11) is 2.09. The standard InChI is InChI=1S/C31H36F3N7O/c1-39-15-4-8-23(39)20-42-30-37-26-19-40(27-11-3-7-21-6-2-10-25(28(21)27)31(32,33)34)16-5-9-24(26)29(38-30)41-17-14-36-22(18-41)12-13-35/h2-3,6-7,10-11,22-23,36H,4-5,8-9,12,14-20H2,1H3/t22-,23-/m0/s1. The van der Waals surface area contributed by atoms with Crippen molar-refractivity contribution < 1.29 is 17.9 Å². The van der Waals surface area contributed by atoms with E-state index < -0.39 is 11.7 Å². The Hall–Kier alpha value is -3.62. The smallest absolute Gasteiger partial charge is 0.417 e. The zero-order valence-electron chi connectivity index (χ0n) is 23.8. The monoisotopic (exact) mass is 579 g/mol. The van der Waals surface area contributed by atoms with Crippen LogP contribution in [0.1, 0.15) is 42.5 Å². The Balaban J connectivity index is 1.39. The highest BCUT2D eigenvalue weighted by Crippen LogP contribution is 2.41. The topological polar surface area (TPSA) is 80.5 Å². The van der Waals surface area contributed by atoms with Crippen molar-refractivity contribution in [2.24, 2.45) is 0 Å². The fourth-order valence-electron chi connectivity index (χ4n) is 6.57. The summed E-state index contributed by atoms with van der Waals surface area (Å²) in [4.78, 5) is 16.3. The Morgan fingerprint density at radius 2 is 1.90 bits per heavy atom. The van der Waals surface area contributed by atoms with Crippen LogP contribution in [0.4, 0.5) is 24.7 Å². The number of rotatable bonds is 6. The Bertz CT molecular complexity index is 1470. The minimum Gasteiger partial charge on any atom is -0.462 e. The number of likely N-dealkylation sites (N-methyl/N-ethyl adjacent to an activating group) is 1. The van der Waals surface area contributed by atoms with E-state index in [0.717, 1.165) is 62.0 Å². The number of ether oxygens (including phenoxy) is 1. The number of hydrogen-bond donors (Lipinski definition) is 1. The fourth-order valence-corrected chi connectivity index (χ4v) is 6.57. The zero-order valence-corrected chi connectivity index (χ0v) is 23.8. The van der Waals surface area contributed by atoms with Gasteiger partial charge in [0.25, 0.3) is 0 Å². The molecule has 0 amide bonds. The summed E-state index contributed by atoms with van der Waals surface area (Å²) < 4.78 is 48.6. The SMILES string of the molecule is CN1CCC[C@H]1COc1nc2c(c(N3CCN[C@@H](CC#N)C3)n1)CCCN(c1cccc3cccc(C(F)(F)F)c13)C2. The van der Waals surface area contributed by atoms with Gasteiger partial charge in [0.15, 0.2) is 0 Å². The first-order chi connectivity index (χ1) is 20.3. The van der Waals surface area contributed by atoms with Gasteiger partial charge in [0.1, 0.15) is 12.4 Å². The van der Waals surface area contributed by atoms with Gasteiger partial charge in [0.05, 0.1) is 30.3 Å². The maximum atomic E-state index is 14.1. The molecule has 3 aliphatic rings. The lowest BCUT2D eigenvalue weighted by atomic mass is 10.0. The number of piperazine rings is 1. The normalized spacial score (nSPS) is 21.7. The van der Waals surface area contributed by atoms with Crippen molar-refractivity contribution >= 4 is 22.3 Å². The molecule has 6 rings (SSSR count). The third-order valence-electron chi connectivity index (χ3n) is 8.74. The molecule has 2 aromatic carbocycles. The van der Waals surface area contributed by atoms with Crippen LogP contribution in [0.15, 0.2) is 36.4 Å². The molecule has 0 unspecified atom stereocenters. The molecular weight excluding hydrogens is 543 g/mol. The molecule has 1 N–H and O–H groups in total. The van der Waals surface area contributed by atoms with Crippen molar-refractivity contribution in [1.82, 2.24) is 20.2 Å². The second-order valence-electron chi connectivity index (χ2n) is 11.5. The number of nitriles is 1. The number of halogens is 3. The molecule has 222 valence electrons. The first-order valence-corrected chi connectivity index (χ1v) is 14.7. The summed E-state index contributed by atoms with van der Waals surface area (Å²) in [6.45, 7) is 4.56. The maximum absolute atomic E-state index is 14.1. The Morgan fingerprint density at radius 1 is 1.07 bits per heavy atom. The van der Waals surface area contributed by atoms with Gasteiger partial charge < -0.3 is 24.8 Å². The van der Waals surface area contributed by atoms with Crippen LogP contribution in [0.3, 0.4) is 0 Å². The van der Waals surface area contributed by atoms with Gasteiger partial charge in [-0.2, -0.15) is 28.4 Å². The summed E-state index contributed by atoms with van der Waals surface area (Å²) >= 11 is 0. The first kappa shape index (κ1) is 28.5. The molecule has 0 saturated carbocycles. The number of alkyl halides is 3. The van der Waals surface area contributed by atoms with Gasteiger partial charge in [-0.05, 0) is 56.8 Å². The number of likely N-dealkylation sites (tertiary alicyclic amines) is 1. The zero-order chi connectivity index (χ0) is 29.3. The average Bonchev–Trinajstić information content (AvgIpc) is 3.27. The molecule has 0 spiro atoms. The predicted molar refractivity (Wildman–Crippen MR) is 156 cm³/mol. The van der Waals surface area contributed by atoms with Gasteiger partial charge in [-0.3, -0.25) is 0 Å². The molecule has 0 radical (unpaired) electrons. The summed E-state index contributed by atoms with van der Waals surface area (Å²) in [5.41, 5.74) is 1.72. The Kier molecular flexibility index (Phi) is 8.10. The lowest BCUT2D eigenvalue weighted by Gasteiger charge is -2.35. The van der Waals surface area contributed by atoms with E-state index in [0.29, 0.717) is 62.2 Å². The molecule has 11 heteroatoms. The average molecular weight is 580 g/mol. The predicted octanol–water partition coefficient (Wildman–Crippen LogP) is 4.77. The van der Waals surface area contributed by atoms with Gasteiger partial charge >= 0.3 is 12.2 Å². The van der Waals surface area contributed by atoms with E-state index in [4.69, 9.17) is 14.7 Å². The molecule has 0 aliphatic carbocycles. The Labute approximate surface area is 244 Å². The molecule has 0 bridgehead atoms. The third-order valence-corrected chi connectivity index (χ3v) is 8.74. The van der Waals surface area contributed by atoms with Crippen molar-refractivity contribution in [2.75, 3.05) is 56.2 Å². The molecule has 4 heterocycles. The molecule has 3 aromatic rings. The number of hydrogen-bond acceptors (Lipinski definition) is 8. The highest BCUT2D eigenvalue weighted by Gasteiger charge is 2.35. The van der Waals surface area contributed by atoms with Crippen LogP contribution < -0.4 is 19.9 Å². The van der Waals surface area contributed by atoms with Crippen LogP contribution in [0, 0.1) is 11.3 Å². The van der Waals surface area contributed by atoms with Crippen LogP contribution in [0.25, 0.3) is 10.8 Å². The summed E-state index contributed by atoms with van der Waals surface area (Å²) in [6, 6.07) is 12.6. The summed E-state index contributed by atoms with van der Waals surface area (Å²) in [5.74, 6) is 0.815. The highest BCUT2D eigenvalue weighted by atomic mass is 19.4.